The molecule has 4 nitrogen and oxygen atoms in total. The number of hydrogen-bond donors (Lipinski definition) is 0. The van der Waals surface area contributed by atoms with Crippen LogP contribution in [0.15, 0.2) is 28.9 Å². The van der Waals surface area contributed by atoms with E-state index >= 15 is 0 Å². The summed E-state index contributed by atoms with van der Waals surface area (Å²) in [6, 6.07) is 6.27. The fraction of sp³-hybridized carbons (Fsp3) is 0.429. The van der Waals surface area contributed by atoms with Crippen LogP contribution in [0.3, 0.4) is 0 Å². The largest absolute Gasteiger partial charge is 0.467 e. The standard InChI is InChI=1S/C14H16ClN3O/c1-2-13-16-12(15)8-14(17-13)18(10-5-6-10)9-11-4-3-7-19-11/h3-4,7-8,10H,2,5-6,9H2,1H3. The quantitative estimate of drug-likeness (QED) is 0.785. The lowest BCUT2D eigenvalue weighted by molar-refractivity contribution is 0.500. The maximum atomic E-state index is 6.08. The van der Waals surface area contributed by atoms with Gasteiger partial charge in [-0.1, -0.05) is 18.5 Å². The van der Waals surface area contributed by atoms with E-state index in [9.17, 15) is 0 Å². The summed E-state index contributed by atoms with van der Waals surface area (Å²) in [5.41, 5.74) is 0. The Morgan fingerprint density at radius 1 is 1.42 bits per heavy atom. The predicted octanol–water partition coefficient (Wildman–Crippen LogP) is 3.45. The van der Waals surface area contributed by atoms with Crippen molar-refractivity contribution in [1.29, 1.82) is 0 Å². The second-order valence-corrected chi connectivity index (χ2v) is 5.14. The molecule has 2 aromatic heterocycles. The smallest absolute Gasteiger partial charge is 0.134 e. The van der Waals surface area contributed by atoms with Gasteiger partial charge >= 0.3 is 0 Å². The molecule has 1 saturated carbocycles. The Hall–Kier alpha value is -1.55. The van der Waals surface area contributed by atoms with Crippen LogP contribution < -0.4 is 4.90 Å². The van der Waals surface area contributed by atoms with E-state index < -0.39 is 0 Å². The number of anilines is 1. The molecule has 1 aliphatic rings. The highest BCUT2D eigenvalue weighted by atomic mass is 35.5. The molecule has 0 spiro atoms. The minimum Gasteiger partial charge on any atom is -0.467 e. The fourth-order valence-electron chi connectivity index (χ4n) is 2.11. The van der Waals surface area contributed by atoms with Crippen molar-refractivity contribution in [2.24, 2.45) is 0 Å². The van der Waals surface area contributed by atoms with Crippen molar-refractivity contribution in [2.45, 2.75) is 38.8 Å². The number of aromatic nitrogens is 2. The number of furan rings is 1. The summed E-state index contributed by atoms with van der Waals surface area (Å²) < 4.78 is 5.43. The molecule has 2 heterocycles. The number of rotatable bonds is 5. The molecule has 19 heavy (non-hydrogen) atoms. The van der Waals surface area contributed by atoms with E-state index in [1.807, 2.05) is 25.1 Å². The van der Waals surface area contributed by atoms with Crippen LogP contribution in [-0.2, 0) is 13.0 Å². The number of halogens is 1. The topological polar surface area (TPSA) is 42.2 Å². The van der Waals surface area contributed by atoms with Gasteiger partial charge in [0.05, 0.1) is 12.8 Å². The first-order chi connectivity index (χ1) is 9.26. The number of nitrogens with zero attached hydrogens (tertiary/aromatic N) is 3. The summed E-state index contributed by atoms with van der Waals surface area (Å²) >= 11 is 6.08. The number of aryl methyl sites for hydroxylation is 1. The van der Waals surface area contributed by atoms with Crippen LogP contribution >= 0.6 is 11.6 Å². The van der Waals surface area contributed by atoms with Gasteiger partial charge in [-0.2, -0.15) is 0 Å². The lowest BCUT2D eigenvalue weighted by Crippen LogP contribution is -2.26. The van der Waals surface area contributed by atoms with Gasteiger partial charge in [0.2, 0.25) is 0 Å². The predicted molar refractivity (Wildman–Crippen MR) is 74.3 cm³/mol. The Bertz CT molecular complexity index is 552. The zero-order valence-electron chi connectivity index (χ0n) is 10.8. The summed E-state index contributed by atoms with van der Waals surface area (Å²) in [6.07, 6.45) is 4.88. The molecule has 0 N–H and O–H groups in total. The Balaban J connectivity index is 1.89. The molecule has 2 aromatic rings. The van der Waals surface area contributed by atoms with Gasteiger partial charge in [-0.15, -0.1) is 0 Å². The van der Waals surface area contributed by atoms with Gasteiger partial charge in [-0.05, 0) is 25.0 Å². The zero-order valence-corrected chi connectivity index (χ0v) is 11.6. The van der Waals surface area contributed by atoms with E-state index in [0.717, 1.165) is 30.4 Å². The van der Waals surface area contributed by atoms with Gasteiger partial charge in [0, 0.05) is 18.5 Å². The van der Waals surface area contributed by atoms with E-state index in [4.69, 9.17) is 16.0 Å². The van der Waals surface area contributed by atoms with E-state index in [1.54, 1.807) is 6.26 Å². The van der Waals surface area contributed by atoms with Crippen molar-refractivity contribution < 1.29 is 4.42 Å². The molecule has 3 rings (SSSR count). The Morgan fingerprint density at radius 3 is 2.89 bits per heavy atom. The molecule has 0 amide bonds. The lowest BCUT2D eigenvalue weighted by atomic mass is 10.3. The monoisotopic (exact) mass is 277 g/mol. The van der Waals surface area contributed by atoms with Crippen LogP contribution in [0, 0.1) is 0 Å². The minimum atomic E-state index is 0.506. The van der Waals surface area contributed by atoms with Crippen molar-refractivity contribution >= 4 is 17.4 Å². The second kappa shape index (κ2) is 5.21. The van der Waals surface area contributed by atoms with Crippen molar-refractivity contribution in [1.82, 2.24) is 9.97 Å². The Kier molecular flexibility index (Phi) is 3.42. The lowest BCUT2D eigenvalue weighted by Gasteiger charge is -2.22. The molecule has 5 heteroatoms. The average molecular weight is 278 g/mol. The van der Waals surface area contributed by atoms with E-state index in [1.165, 1.54) is 12.8 Å². The normalized spacial score (nSPS) is 14.6. The first-order valence-electron chi connectivity index (χ1n) is 6.58. The Morgan fingerprint density at radius 2 is 2.26 bits per heavy atom. The molecule has 0 aromatic carbocycles. The van der Waals surface area contributed by atoms with Crippen molar-refractivity contribution in [3.05, 3.63) is 41.2 Å². The van der Waals surface area contributed by atoms with Crippen LogP contribution in [0.1, 0.15) is 31.4 Å². The van der Waals surface area contributed by atoms with Gasteiger partial charge in [-0.3, -0.25) is 0 Å². The summed E-state index contributed by atoms with van der Waals surface area (Å²) in [7, 11) is 0. The van der Waals surface area contributed by atoms with Crippen LogP contribution in [0.5, 0.6) is 0 Å². The summed E-state index contributed by atoms with van der Waals surface area (Å²) in [4.78, 5) is 11.1. The van der Waals surface area contributed by atoms with Crippen molar-refractivity contribution in [3.63, 3.8) is 0 Å². The van der Waals surface area contributed by atoms with Crippen molar-refractivity contribution in [3.8, 4) is 0 Å². The van der Waals surface area contributed by atoms with Gasteiger partial charge in [-0.25, -0.2) is 9.97 Å². The van der Waals surface area contributed by atoms with Gasteiger partial charge in [0.1, 0.15) is 22.6 Å². The molecule has 0 saturated heterocycles. The molecule has 100 valence electrons. The molecule has 1 fully saturated rings. The summed E-state index contributed by atoms with van der Waals surface area (Å²) in [6.45, 7) is 2.76. The second-order valence-electron chi connectivity index (χ2n) is 4.76. The molecule has 0 bridgehead atoms. The first kappa shape index (κ1) is 12.5. The average Bonchev–Trinajstić information content (AvgIpc) is 3.12. The highest BCUT2D eigenvalue weighted by Gasteiger charge is 2.31. The molecule has 0 atom stereocenters. The Labute approximate surface area is 117 Å². The van der Waals surface area contributed by atoms with Crippen LogP contribution in [0.4, 0.5) is 5.82 Å². The third-order valence-corrected chi connectivity index (χ3v) is 3.43. The maximum Gasteiger partial charge on any atom is 0.134 e. The summed E-state index contributed by atoms with van der Waals surface area (Å²) in [5, 5.41) is 0.506. The van der Waals surface area contributed by atoms with Crippen LogP contribution in [-0.4, -0.2) is 16.0 Å². The molecular weight excluding hydrogens is 262 g/mol. The van der Waals surface area contributed by atoms with Gasteiger partial charge in [0.25, 0.3) is 0 Å². The molecule has 0 unspecified atom stereocenters. The van der Waals surface area contributed by atoms with Gasteiger partial charge < -0.3 is 9.32 Å². The van der Waals surface area contributed by atoms with E-state index in [0.29, 0.717) is 11.2 Å². The SMILES string of the molecule is CCc1nc(Cl)cc(N(Cc2ccco2)C2CC2)n1. The highest BCUT2D eigenvalue weighted by molar-refractivity contribution is 6.29. The third-order valence-electron chi connectivity index (χ3n) is 3.23. The number of hydrogen-bond acceptors (Lipinski definition) is 4. The molecular formula is C14H16ClN3O. The van der Waals surface area contributed by atoms with Crippen molar-refractivity contribution in [2.75, 3.05) is 4.90 Å². The first-order valence-corrected chi connectivity index (χ1v) is 6.96. The van der Waals surface area contributed by atoms with Crippen LogP contribution in [0.25, 0.3) is 0 Å². The fourth-order valence-corrected chi connectivity index (χ4v) is 2.31. The minimum absolute atomic E-state index is 0.506. The summed E-state index contributed by atoms with van der Waals surface area (Å²) in [5.74, 6) is 2.63. The van der Waals surface area contributed by atoms with E-state index in [2.05, 4.69) is 14.9 Å². The molecule has 0 aliphatic heterocycles. The third kappa shape index (κ3) is 2.89. The molecule has 1 aliphatic carbocycles. The van der Waals surface area contributed by atoms with Crippen LogP contribution in [0.2, 0.25) is 5.15 Å². The van der Waals surface area contributed by atoms with E-state index in [-0.39, 0.29) is 0 Å². The maximum absolute atomic E-state index is 6.08. The molecule has 0 radical (unpaired) electrons. The highest BCUT2D eigenvalue weighted by Crippen LogP contribution is 2.33. The van der Waals surface area contributed by atoms with Gasteiger partial charge in [0.15, 0.2) is 0 Å². The zero-order chi connectivity index (χ0) is 13.2.